The maximum atomic E-state index is 11.7. The minimum absolute atomic E-state index is 0.291. The molecule has 1 N–H and O–H groups in total. The molecule has 20 heavy (non-hydrogen) atoms. The summed E-state index contributed by atoms with van der Waals surface area (Å²) in [6.07, 6.45) is 4.38. The van der Waals surface area contributed by atoms with Gasteiger partial charge in [-0.05, 0) is 44.1 Å². The largest absolute Gasteiger partial charge is 0.383 e. The van der Waals surface area contributed by atoms with Gasteiger partial charge in [0.15, 0.2) is 9.84 Å². The Morgan fingerprint density at radius 3 is 2.85 bits per heavy atom. The van der Waals surface area contributed by atoms with Crippen LogP contribution in [0.2, 0.25) is 0 Å². The summed E-state index contributed by atoms with van der Waals surface area (Å²) in [6.45, 7) is 3.23. The molecule has 2 heterocycles. The maximum absolute atomic E-state index is 11.7. The highest BCUT2D eigenvalue weighted by atomic mass is 32.2. The highest BCUT2D eigenvalue weighted by Gasteiger charge is 2.35. The third-order valence-electron chi connectivity index (χ3n) is 4.41. The van der Waals surface area contributed by atoms with Crippen LogP contribution in [-0.4, -0.2) is 59.4 Å². The minimum atomic E-state index is -2.80. The zero-order chi connectivity index (χ0) is 14.4. The van der Waals surface area contributed by atoms with Gasteiger partial charge in [0, 0.05) is 20.3 Å². The molecule has 0 spiro atoms. The first-order valence-corrected chi connectivity index (χ1v) is 9.44. The van der Waals surface area contributed by atoms with Gasteiger partial charge < -0.3 is 14.8 Å². The SMILES string of the molecule is COCCNCC(CC1CCCO1)C1CCS(=O)(=O)C1. The molecule has 2 aliphatic heterocycles. The number of hydrogen-bond acceptors (Lipinski definition) is 5. The number of nitrogens with one attached hydrogen (secondary N) is 1. The van der Waals surface area contributed by atoms with Gasteiger partial charge in [-0.25, -0.2) is 8.42 Å². The third kappa shape index (κ3) is 4.98. The molecule has 3 atom stereocenters. The molecule has 0 bridgehead atoms. The molecule has 2 saturated heterocycles. The summed E-state index contributed by atoms with van der Waals surface area (Å²) in [4.78, 5) is 0. The Balaban J connectivity index is 1.85. The van der Waals surface area contributed by atoms with Crippen LogP contribution in [0.1, 0.15) is 25.7 Å². The molecular formula is C14H27NO4S. The van der Waals surface area contributed by atoms with Crippen LogP contribution in [-0.2, 0) is 19.3 Å². The second-order valence-corrected chi connectivity index (χ2v) is 8.22. The summed E-state index contributed by atoms with van der Waals surface area (Å²) in [6, 6.07) is 0. The summed E-state index contributed by atoms with van der Waals surface area (Å²) in [5, 5.41) is 3.39. The Kier molecular flexibility index (Phi) is 6.26. The topological polar surface area (TPSA) is 64.6 Å². The van der Waals surface area contributed by atoms with Crippen LogP contribution >= 0.6 is 0 Å². The number of sulfone groups is 1. The average Bonchev–Trinajstić information content (AvgIpc) is 3.02. The fourth-order valence-electron chi connectivity index (χ4n) is 3.27. The standard InChI is InChI=1S/C14H27NO4S/c1-18-7-5-15-10-13(9-14-3-2-6-19-14)12-4-8-20(16,17)11-12/h12-15H,2-11H2,1H3. The molecule has 0 aromatic heterocycles. The fraction of sp³-hybridized carbons (Fsp3) is 1.00. The van der Waals surface area contributed by atoms with Crippen molar-refractivity contribution in [1.82, 2.24) is 5.32 Å². The molecule has 2 rings (SSSR count). The maximum Gasteiger partial charge on any atom is 0.150 e. The van der Waals surface area contributed by atoms with Crippen molar-refractivity contribution in [3.8, 4) is 0 Å². The van der Waals surface area contributed by atoms with E-state index in [1.807, 2.05) is 0 Å². The lowest BCUT2D eigenvalue weighted by atomic mass is 9.86. The van der Waals surface area contributed by atoms with Crippen LogP contribution in [0.4, 0.5) is 0 Å². The Hall–Kier alpha value is -0.170. The second kappa shape index (κ2) is 7.73. The van der Waals surface area contributed by atoms with Gasteiger partial charge in [0.05, 0.1) is 24.2 Å². The molecule has 0 aliphatic carbocycles. The Morgan fingerprint density at radius 2 is 2.25 bits per heavy atom. The Morgan fingerprint density at radius 1 is 1.40 bits per heavy atom. The zero-order valence-corrected chi connectivity index (χ0v) is 13.2. The quantitative estimate of drug-likeness (QED) is 0.673. The van der Waals surface area contributed by atoms with Gasteiger partial charge in [0.2, 0.25) is 0 Å². The van der Waals surface area contributed by atoms with E-state index in [2.05, 4.69) is 5.32 Å². The molecule has 3 unspecified atom stereocenters. The highest BCUT2D eigenvalue weighted by Crippen LogP contribution is 2.31. The Labute approximate surface area is 122 Å². The molecule has 0 radical (unpaired) electrons. The van der Waals surface area contributed by atoms with Crippen molar-refractivity contribution in [2.24, 2.45) is 11.8 Å². The molecule has 118 valence electrons. The zero-order valence-electron chi connectivity index (χ0n) is 12.3. The molecule has 2 fully saturated rings. The molecule has 2 aliphatic rings. The van der Waals surface area contributed by atoms with Crippen LogP contribution < -0.4 is 5.32 Å². The highest BCUT2D eigenvalue weighted by molar-refractivity contribution is 7.91. The number of rotatable bonds is 8. The van der Waals surface area contributed by atoms with Gasteiger partial charge in [0.25, 0.3) is 0 Å². The predicted molar refractivity (Wildman–Crippen MR) is 78.6 cm³/mol. The molecule has 0 aromatic rings. The first-order chi connectivity index (χ1) is 9.61. The summed E-state index contributed by atoms with van der Waals surface area (Å²) >= 11 is 0. The summed E-state index contributed by atoms with van der Waals surface area (Å²) in [5.74, 6) is 1.40. The average molecular weight is 305 g/mol. The number of hydrogen-bond donors (Lipinski definition) is 1. The molecule has 0 saturated carbocycles. The summed E-state index contributed by atoms with van der Waals surface area (Å²) in [7, 11) is -1.11. The van der Waals surface area contributed by atoms with Crippen molar-refractivity contribution in [1.29, 1.82) is 0 Å². The van der Waals surface area contributed by atoms with Gasteiger partial charge in [-0.3, -0.25) is 0 Å². The van der Waals surface area contributed by atoms with Crippen molar-refractivity contribution >= 4 is 9.84 Å². The van der Waals surface area contributed by atoms with Gasteiger partial charge in [-0.15, -0.1) is 0 Å². The number of methoxy groups -OCH3 is 1. The van der Waals surface area contributed by atoms with Gasteiger partial charge in [0.1, 0.15) is 0 Å². The lowest BCUT2D eigenvalue weighted by Crippen LogP contribution is -2.33. The van der Waals surface area contributed by atoms with E-state index in [0.29, 0.717) is 36.1 Å². The van der Waals surface area contributed by atoms with E-state index in [1.54, 1.807) is 7.11 Å². The van der Waals surface area contributed by atoms with Crippen LogP contribution in [0, 0.1) is 11.8 Å². The van der Waals surface area contributed by atoms with Crippen molar-refractivity contribution < 1.29 is 17.9 Å². The Bertz CT molecular complexity index is 379. The van der Waals surface area contributed by atoms with E-state index in [1.165, 1.54) is 0 Å². The smallest absolute Gasteiger partial charge is 0.150 e. The van der Waals surface area contributed by atoms with Crippen molar-refractivity contribution in [2.45, 2.75) is 31.8 Å². The van der Waals surface area contributed by atoms with E-state index >= 15 is 0 Å². The number of ether oxygens (including phenoxy) is 2. The van der Waals surface area contributed by atoms with Gasteiger partial charge >= 0.3 is 0 Å². The molecule has 6 heteroatoms. The van der Waals surface area contributed by atoms with Crippen LogP contribution in [0.5, 0.6) is 0 Å². The van der Waals surface area contributed by atoms with Crippen LogP contribution in [0.25, 0.3) is 0 Å². The lowest BCUT2D eigenvalue weighted by Gasteiger charge is -2.25. The van der Waals surface area contributed by atoms with E-state index in [-0.39, 0.29) is 0 Å². The van der Waals surface area contributed by atoms with E-state index in [0.717, 1.165) is 45.4 Å². The van der Waals surface area contributed by atoms with E-state index in [4.69, 9.17) is 9.47 Å². The lowest BCUT2D eigenvalue weighted by molar-refractivity contribution is 0.0802. The van der Waals surface area contributed by atoms with E-state index < -0.39 is 9.84 Å². The monoisotopic (exact) mass is 305 g/mol. The predicted octanol–water partition coefficient (Wildman–Crippen LogP) is 0.842. The summed E-state index contributed by atoms with van der Waals surface area (Å²) < 4.78 is 34.1. The van der Waals surface area contributed by atoms with Gasteiger partial charge in [-0.1, -0.05) is 0 Å². The molecule has 0 aromatic carbocycles. The fourth-order valence-corrected chi connectivity index (χ4v) is 5.19. The van der Waals surface area contributed by atoms with Crippen molar-refractivity contribution in [3.63, 3.8) is 0 Å². The van der Waals surface area contributed by atoms with Crippen molar-refractivity contribution in [2.75, 3.05) is 44.9 Å². The van der Waals surface area contributed by atoms with Crippen molar-refractivity contribution in [3.05, 3.63) is 0 Å². The van der Waals surface area contributed by atoms with E-state index in [9.17, 15) is 8.42 Å². The normalized spacial score (nSPS) is 30.6. The molecule has 0 amide bonds. The third-order valence-corrected chi connectivity index (χ3v) is 6.21. The summed E-state index contributed by atoms with van der Waals surface area (Å²) in [5.41, 5.74) is 0. The van der Waals surface area contributed by atoms with Crippen LogP contribution in [0.15, 0.2) is 0 Å². The first kappa shape index (κ1) is 16.2. The molecular weight excluding hydrogens is 278 g/mol. The van der Waals surface area contributed by atoms with Crippen LogP contribution in [0.3, 0.4) is 0 Å². The second-order valence-electron chi connectivity index (χ2n) is 5.99. The first-order valence-electron chi connectivity index (χ1n) is 7.62. The molecule has 5 nitrogen and oxygen atoms in total. The van der Waals surface area contributed by atoms with Gasteiger partial charge in [-0.2, -0.15) is 0 Å². The minimum Gasteiger partial charge on any atom is -0.383 e.